The lowest BCUT2D eigenvalue weighted by molar-refractivity contribution is 0.0697. The number of aromatic carboxylic acids is 1. The van der Waals surface area contributed by atoms with E-state index in [9.17, 15) is 4.79 Å². The van der Waals surface area contributed by atoms with Crippen molar-refractivity contribution in [3.05, 3.63) is 29.7 Å². The van der Waals surface area contributed by atoms with Crippen LogP contribution < -0.4 is 0 Å². The minimum absolute atomic E-state index is 0.253. The van der Waals surface area contributed by atoms with Crippen molar-refractivity contribution in [2.24, 2.45) is 5.92 Å². The maximum atomic E-state index is 10.9. The molecular formula is C15H19N3O2. The van der Waals surface area contributed by atoms with Crippen molar-refractivity contribution in [1.82, 2.24) is 14.6 Å². The number of carboxylic acids is 1. The van der Waals surface area contributed by atoms with Crippen LogP contribution >= 0.6 is 0 Å². The van der Waals surface area contributed by atoms with Crippen molar-refractivity contribution in [1.29, 1.82) is 0 Å². The maximum Gasteiger partial charge on any atom is 0.335 e. The first-order chi connectivity index (χ1) is 9.72. The zero-order valence-electron chi connectivity index (χ0n) is 11.5. The highest BCUT2D eigenvalue weighted by Crippen LogP contribution is 2.27. The van der Waals surface area contributed by atoms with Crippen molar-refractivity contribution < 1.29 is 9.90 Å². The van der Waals surface area contributed by atoms with Crippen LogP contribution in [0, 0.1) is 5.92 Å². The van der Waals surface area contributed by atoms with Gasteiger partial charge in [-0.15, -0.1) is 0 Å². The van der Waals surface area contributed by atoms with Gasteiger partial charge in [0.25, 0.3) is 0 Å². The van der Waals surface area contributed by atoms with Gasteiger partial charge in [0.2, 0.25) is 0 Å². The van der Waals surface area contributed by atoms with Crippen LogP contribution in [-0.4, -0.2) is 25.7 Å². The van der Waals surface area contributed by atoms with Crippen LogP contribution in [-0.2, 0) is 6.42 Å². The molecule has 0 amide bonds. The Hall–Kier alpha value is -1.91. The quantitative estimate of drug-likeness (QED) is 0.930. The highest BCUT2D eigenvalue weighted by atomic mass is 16.4. The second-order valence-corrected chi connectivity index (χ2v) is 5.59. The molecule has 0 spiro atoms. The van der Waals surface area contributed by atoms with Crippen LogP contribution in [0.1, 0.15) is 54.7 Å². The zero-order valence-corrected chi connectivity index (χ0v) is 11.5. The van der Waals surface area contributed by atoms with E-state index in [0.29, 0.717) is 5.65 Å². The van der Waals surface area contributed by atoms with Gasteiger partial charge in [-0.05, 0) is 24.5 Å². The molecule has 3 rings (SSSR count). The number of hydrogen-bond donors (Lipinski definition) is 1. The standard InChI is InChI=1S/C15H19N3O2/c19-15(20)12-8-9-18-14(10-12)16-13(17-18)7-6-11-4-2-1-3-5-11/h8-11H,1-7H2,(H,19,20). The number of carboxylic acid groups (broad SMARTS) is 1. The number of aromatic nitrogens is 3. The van der Waals surface area contributed by atoms with E-state index in [1.165, 1.54) is 32.1 Å². The minimum atomic E-state index is -0.931. The molecule has 0 unspecified atom stereocenters. The Morgan fingerprint density at radius 1 is 1.35 bits per heavy atom. The van der Waals surface area contributed by atoms with Crippen molar-refractivity contribution >= 4 is 11.6 Å². The van der Waals surface area contributed by atoms with E-state index in [2.05, 4.69) is 10.1 Å². The largest absolute Gasteiger partial charge is 0.478 e. The van der Waals surface area contributed by atoms with Crippen LogP contribution in [0.4, 0.5) is 0 Å². The van der Waals surface area contributed by atoms with Gasteiger partial charge in [0.15, 0.2) is 11.5 Å². The third-order valence-electron chi connectivity index (χ3n) is 4.13. The first kappa shape index (κ1) is 13.1. The highest BCUT2D eigenvalue weighted by Gasteiger charge is 2.15. The fourth-order valence-electron chi connectivity index (χ4n) is 2.98. The van der Waals surface area contributed by atoms with E-state index in [-0.39, 0.29) is 5.56 Å². The topological polar surface area (TPSA) is 67.5 Å². The van der Waals surface area contributed by atoms with Crippen molar-refractivity contribution in [3.8, 4) is 0 Å². The van der Waals surface area contributed by atoms with Crippen molar-refractivity contribution in [2.75, 3.05) is 0 Å². The van der Waals surface area contributed by atoms with Crippen LogP contribution in [0.5, 0.6) is 0 Å². The predicted molar refractivity (Wildman–Crippen MR) is 74.8 cm³/mol. The lowest BCUT2D eigenvalue weighted by atomic mass is 9.86. The molecule has 0 aromatic carbocycles. The van der Waals surface area contributed by atoms with Gasteiger partial charge in [-0.25, -0.2) is 14.3 Å². The molecule has 2 aromatic heterocycles. The molecule has 1 saturated carbocycles. The molecule has 106 valence electrons. The Morgan fingerprint density at radius 2 is 2.15 bits per heavy atom. The molecule has 5 heteroatoms. The number of fused-ring (bicyclic) bond motifs is 1. The SMILES string of the molecule is O=C(O)c1ccn2nc(CCC3CCCCC3)nc2c1. The average molecular weight is 273 g/mol. The van der Waals surface area contributed by atoms with Crippen molar-refractivity contribution in [3.63, 3.8) is 0 Å². The fourth-order valence-corrected chi connectivity index (χ4v) is 2.98. The summed E-state index contributed by atoms with van der Waals surface area (Å²) >= 11 is 0. The lowest BCUT2D eigenvalue weighted by Gasteiger charge is -2.20. The summed E-state index contributed by atoms with van der Waals surface area (Å²) in [6.45, 7) is 0. The van der Waals surface area contributed by atoms with Gasteiger partial charge < -0.3 is 5.11 Å². The van der Waals surface area contributed by atoms with Gasteiger partial charge in [0.05, 0.1) is 5.56 Å². The summed E-state index contributed by atoms with van der Waals surface area (Å²) in [7, 11) is 0. The molecule has 0 atom stereocenters. The van der Waals surface area contributed by atoms with Crippen LogP contribution in [0.3, 0.4) is 0 Å². The molecule has 1 fully saturated rings. The van der Waals surface area contributed by atoms with E-state index < -0.39 is 5.97 Å². The van der Waals surface area contributed by atoms with E-state index in [4.69, 9.17) is 5.11 Å². The first-order valence-corrected chi connectivity index (χ1v) is 7.31. The molecule has 1 aliphatic carbocycles. The zero-order chi connectivity index (χ0) is 13.9. The fraction of sp³-hybridized carbons (Fsp3) is 0.533. The molecule has 1 N–H and O–H groups in total. The number of aryl methyl sites for hydroxylation is 1. The Bertz CT molecular complexity index is 615. The smallest absolute Gasteiger partial charge is 0.335 e. The minimum Gasteiger partial charge on any atom is -0.478 e. The molecule has 2 aromatic rings. The van der Waals surface area contributed by atoms with Gasteiger partial charge >= 0.3 is 5.97 Å². The summed E-state index contributed by atoms with van der Waals surface area (Å²) in [5, 5.41) is 13.4. The molecule has 0 aliphatic heterocycles. The predicted octanol–water partition coefficient (Wildman–Crippen LogP) is 2.94. The number of hydrogen-bond acceptors (Lipinski definition) is 3. The molecule has 2 heterocycles. The molecule has 20 heavy (non-hydrogen) atoms. The maximum absolute atomic E-state index is 10.9. The summed E-state index contributed by atoms with van der Waals surface area (Å²) < 4.78 is 1.66. The van der Waals surface area contributed by atoms with Crippen molar-refractivity contribution in [2.45, 2.75) is 44.9 Å². The van der Waals surface area contributed by atoms with Gasteiger partial charge in [-0.2, -0.15) is 5.10 Å². The molecule has 0 radical (unpaired) electrons. The third-order valence-corrected chi connectivity index (χ3v) is 4.13. The number of pyridine rings is 1. The molecule has 5 nitrogen and oxygen atoms in total. The number of carbonyl (C=O) groups is 1. The summed E-state index contributed by atoms with van der Waals surface area (Å²) in [5.41, 5.74) is 0.868. The monoisotopic (exact) mass is 273 g/mol. The van der Waals surface area contributed by atoms with Crippen LogP contribution in [0.15, 0.2) is 18.3 Å². The van der Waals surface area contributed by atoms with E-state index in [0.717, 1.165) is 24.6 Å². The van der Waals surface area contributed by atoms with E-state index in [1.807, 2.05) is 0 Å². The molecular weight excluding hydrogens is 254 g/mol. The summed E-state index contributed by atoms with van der Waals surface area (Å²) in [5.74, 6) is 0.697. The van der Waals surface area contributed by atoms with Crippen LogP contribution in [0.25, 0.3) is 5.65 Å². The summed E-state index contributed by atoms with van der Waals surface area (Å²) in [6, 6.07) is 3.12. The van der Waals surface area contributed by atoms with Gasteiger partial charge in [0.1, 0.15) is 0 Å². The Balaban J connectivity index is 1.70. The third kappa shape index (κ3) is 2.81. The van der Waals surface area contributed by atoms with Crippen LogP contribution in [0.2, 0.25) is 0 Å². The molecule has 1 aliphatic rings. The average Bonchev–Trinajstić information content (AvgIpc) is 2.88. The lowest BCUT2D eigenvalue weighted by Crippen LogP contribution is -2.07. The molecule has 0 bridgehead atoms. The number of rotatable bonds is 4. The van der Waals surface area contributed by atoms with E-state index in [1.54, 1.807) is 22.8 Å². The summed E-state index contributed by atoms with van der Waals surface area (Å²) in [4.78, 5) is 15.4. The van der Waals surface area contributed by atoms with Gasteiger partial charge in [-0.3, -0.25) is 0 Å². The number of nitrogens with zero attached hydrogens (tertiary/aromatic N) is 3. The van der Waals surface area contributed by atoms with E-state index >= 15 is 0 Å². The second-order valence-electron chi connectivity index (χ2n) is 5.59. The van der Waals surface area contributed by atoms with Gasteiger partial charge in [-0.1, -0.05) is 32.1 Å². The normalized spacial score (nSPS) is 16.6. The Labute approximate surface area is 117 Å². The van der Waals surface area contributed by atoms with Gasteiger partial charge in [0, 0.05) is 12.6 Å². The summed E-state index contributed by atoms with van der Waals surface area (Å²) in [6.07, 6.45) is 10.4. The first-order valence-electron chi connectivity index (χ1n) is 7.31. The second kappa shape index (κ2) is 5.61. The Kier molecular flexibility index (Phi) is 3.67. The molecule has 0 saturated heterocycles. The highest BCUT2D eigenvalue weighted by molar-refractivity contribution is 5.88. The Morgan fingerprint density at radius 3 is 2.90 bits per heavy atom.